The SMILES string of the molecule is CC[C@H]1CN(C)CCN1c1nc2c(c(NCCS(N)(=O)=O)n1)CCCC2. The first-order valence-electron chi connectivity index (χ1n) is 9.46. The fourth-order valence-corrected chi connectivity index (χ4v) is 4.18. The summed E-state index contributed by atoms with van der Waals surface area (Å²) in [6.07, 6.45) is 5.19. The number of rotatable bonds is 6. The molecular formula is C17H30N6O2S. The Morgan fingerprint density at radius 1 is 1.23 bits per heavy atom. The van der Waals surface area contributed by atoms with Crippen LogP contribution in [0.5, 0.6) is 0 Å². The molecule has 1 aromatic rings. The van der Waals surface area contributed by atoms with Gasteiger partial charge in [-0.1, -0.05) is 6.92 Å². The highest BCUT2D eigenvalue weighted by Crippen LogP contribution is 2.29. The number of hydrogen-bond donors (Lipinski definition) is 2. The van der Waals surface area contributed by atoms with Crippen molar-refractivity contribution in [3.63, 3.8) is 0 Å². The van der Waals surface area contributed by atoms with Crippen molar-refractivity contribution < 1.29 is 8.42 Å². The van der Waals surface area contributed by atoms with E-state index in [0.29, 0.717) is 6.04 Å². The Hall–Kier alpha value is -1.45. The molecule has 1 saturated heterocycles. The zero-order valence-electron chi connectivity index (χ0n) is 15.7. The van der Waals surface area contributed by atoms with E-state index in [4.69, 9.17) is 15.1 Å². The van der Waals surface area contributed by atoms with Gasteiger partial charge in [0, 0.05) is 37.8 Å². The molecule has 3 rings (SSSR count). The van der Waals surface area contributed by atoms with Gasteiger partial charge in [0.05, 0.1) is 11.4 Å². The van der Waals surface area contributed by atoms with E-state index in [9.17, 15) is 8.42 Å². The van der Waals surface area contributed by atoms with Gasteiger partial charge in [-0.25, -0.2) is 18.5 Å². The van der Waals surface area contributed by atoms with E-state index in [1.165, 1.54) is 0 Å². The number of aryl methyl sites for hydroxylation is 1. The first-order valence-corrected chi connectivity index (χ1v) is 11.2. The Morgan fingerprint density at radius 2 is 2.00 bits per heavy atom. The minimum atomic E-state index is -3.49. The number of hydrogen-bond acceptors (Lipinski definition) is 7. The Labute approximate surface area is 156 Å². The first-order chi connectivity index (χ1) is 12.4. The quantitative estimate of drug-likeness (QED) is 0.742. The molecule has 1 fully saturated rings. The van der Waals surface area contributed by atoms with Gasteiger partial charge in [0.1, 0.15) is 5.82 Å². The minimum Gasteiger partial charge on any atom is -0.369 e. The van der Waals surface area contributed by atoms with Crippen LogP contribution in [0.3, 0.4) is 0 Å². The molecule has 0 radical (unpaired) electrons. The van der Waals surface area contributed by atoms with Gasteiger partial charge in [0.25, 0.3) is 0 Å². The fourth-order valence-electron chi connectivity index (χ4n) is 3.79. The van der Waals surface area contributed by atoms with Crippen LogP contribution in [0.2, 0.25) is 0 Å². The molecule has 0 aromatic carbocycles. The second-order valence-corrected chi connectivity index (χ2v) is 9.05. The lowest BCUT2D eigenvalue weighted by molar-refractivity contribution is 0.261. The largest absolute Gasteiger partial charge is 0.369 e. The zero-order chi connectivity index (χ0) is 18.7. The van der Waals surface area contributed by atoms with Crippen molar-refractivity contribution >= 4 is 21.8 Å². The molecule has 0 spiro atoms. The van der Waals surface area contributed by atoms with E-state index in [1.807, 2.05) is 0 Å². The van der Waals surface area contributed by atoms with Crippen LogP contribution in [0, 0.1) is 0 Å². The van der Waals surface area contributed by atoms with Crippen LogP contribution in [-0.2, 0) is 22.9 Å². The van der Waals surface area contributed by atoms with E-state index in [1.54, 1.807) is 0 Å². The van der Waals surface area contributed by atoms with Crippen molar-refractivity contribution in [2.45, 2.75) is 45.1 Å². The summed E-state index contributed by atoms with van der Waals surface area (Å²) in [5, 5.41) is 8.32. The van der Waals surface area contributed by atoms with Crippen LogP contribution < -0.4 is 15.4 Å². The van der Waals surface area contributed by atoms with Crippen LogP contribution in [0.4, 0.5) is 11.8 Å². The predicted octanol–water partition coefficient (Wildman–Crippen LogP) is 0.586. The maximum absolute atomic E-state index is 11.2. The fraction of sp³-hybridized carbons (Fsp3) is 0.765. The summed E-state index contributed by atoms with van der Waals surface area (Å²) in [5.74, 6) is 1.44. The van der Waals surface area contributed by atoms with E-state index in [0.717, 1.165) is 74.8 Å². The van der Waals surface area contributed by atoms with Gasteiger partial charge in [0.15, 0.2) is 0 Å². The van der Waals surface area contributed by atoms with Crippen molar-refractivity contribution in [1.29, 1.82) is 0 Å². The van der Waals surface area contributed by atoms with Gasteiger partial charge in [-0.05, 0) is 39.2 Å². The topological polar surface area (TPSA) is 104 Å². The molecule has 8 nitrogen and oxygen atoms in total. The second kappa shape index (κ2) is 8.06. The summed E-state index contributed by atoms with van der Waals surface area (Å²) in [5.41, 5.74) is 2.24. The third kappa shape index (κ3) is 4.63. The Morgan fingerprint density at radius 3 is 2.73 bits per heavy atom. The average Bonchev–Trinajstić information content (AvgIpc) is 2.60. The lowest BCUT2D eigenvalue weighted by Crippen LogP contribution is -2.52. The summed E-state index contributed by atoms with van der Waals surface area (Å²) in [4.78, 5) is 14.3. The number of aromatic nitrogens is 2. The second-order valence-electron chi connectivity index (χ2n) is 7.32. The molecule has 0 unspecified atom stereocenters. The summed E-state index contributed by atoms with van der Waals surface area (Å²) >= 11 is 0. The molecule has 2 heterocycles. The number of primary sulfonamides is 1. The Kier molecular flexibility index (Phi) is 5.99. The van der Waals surface area contributed by atoms with E-state index >= 15 is 0 Å². The third-order valence-corrected chi connectivity index (χ3v) is 6.04. The van der Waals surface area contributed by atoms with Gasteiger partial charge in [-0.15, -0.1) is 0 Å². The first kappa shape index (κ1) is 19.3. The monoisotopic (exact) mass is 382 g/mol. The van der Waals surface area contributed by atoms with E-state index in [-0.39, 0.29) is 12.3 Å². The summed E-state index contributed by atoms with van der Waals surface area (Å²) in [6.45, 7) is 5.36. The molecule has 0 saturated carbocycles. The summed E-state index contributed by atoms with van der Waals surface area (Å²) < 4.78 is 22.5. The maximum Gasteiger partial charge on any atom is 0.227 e. The third-order valence-electron chi connectivity index (χ3n) is 5.26. The average molecular weight is 383 g/mol. The van der Waals surface area contributed by atoms with Gasteiger partial charge in [0.2, 0.25) is 16.0 Å². The summed E-state index contributed by atoms with van der Waals surface area (Å²) in [7, 11) is -1.34. The van der Waals surface area contributed by atoms with Crippen LogP contribution in [0.1, 0.15) is 37.4 Å². The Balaban J connectivity index is 1.87. The number of nitrogens with two attached hydrogens (primary N) is 1. The van der Waals surface area contributed by atoms with Gasteiger partial charge >= 0.3 is 0 Å². The maximum atomic E-state index is 11.2. The highest BCUT2D eigenvalue weighted by molar-refractivity contribution is 7.89. The smallest absolute Gasteiger partial charge is 0.227 e. The molecule has 9 heteroatoms. The van der Waals surface area contributed by atoms with Crippen LogP contribution in [-0.4, -0.2) is 68.3 Å². The van der Waals surface area contributed by atoms with Crippen LogP contribution in [0.25, 0.3) is 0 Å². The van der Waals surface area contributed by atoms with Gasteiger partial charge in [-0.3, -0.25) is 0 Å². The normalized spacial score (nSPS) is 21.5. The molecule has 0 amide bonds. The molecule has 0 bridgehead atoms. The summed E-state index contributed by atoms with van der Waals surface area (Å²) in [6, 6.07) is 0.396. The molecule has 1 atom stereocenters. The molecule has 1 aliphatic carbocycles. The number of likely N-dealkylation sites (N-methyl/N-ethyl adjacent to an activating group) is 1. The molecule has 146 valence electrons. The van der Waals surface area contributed by atoms with Crippen LogP contribution in [0.15, 0.2) is 0 Å². The molecule has 1 aromatic heterocycles. The number of nitrogens with zero attached hydrogens (tertiary/aromatic N) is 4. The highest BCUT2D eigenvalue weighted by atomic mass is 32.2. The van der Waals surface area contributed by atoms with Crippen LogP contribution >= 0.6 is 0 Å². The number of anilines is 2. The molecule has 26 heavy (non-hydrogen) atoms. The Bertz CT molecular complexity index is 739. The number of fused-ring (bicyclic) bond motifs is 1. The van der Waals surface area contributed by atoms with E-state index < -0.39 is 10.0 Å². The highest BCUT2D eigenvalue weighted by Gasteiger charge is 2.28. The van der Waals surface area contributed by atoms with E-state index in [2.05, 4.69) is 29.1 Å². The van der Waals surface area contributed by atoms with Crippen molar-refractivity contribution in [3.05, 3.63) is 11.3 Å². The van der Waals surface area contributed by atoms with Crippen molar-refractivity contribution in [3.8, 4) is 0 Å². The van der Waals surface area contributed by atoms with Gasteiger partial charge in [-0.2, -0.15) is 4.98 Å². The molecular weight excluding hydrogens is 352 g/mol. The zero-order valence-corrected chi connectivity index (χ0v) is 16.6. The lowest BCUT2D eigenvalue weighted by atomic mass is 9.96. The number of piperazine rings is 1. The molecule has 3 N–H and O–H groups in total. The molecule has 2 aliphatic rings. The minimum absolute atomic E-state index is 0.104. The van der Waals surface area contributed by atoms with Crippen molar-refractivity contribution in [1.82, 2.24) is 14.9 Å². The van der Waals surface area contributed by atoms with Crippen molar-refractivity contribution in [2.24, 2.45) is 5.14 Å². The predicted molar refractivity (Wildman–Crippen MR) is 104 cm³/mol. The van der Waals surface area contributed by atoms with Gasteiger partial charge < -0.3 is 15.1 Å². The lowest BCUT2D eigenvalue weighted by Gasteiger charge is -2.40. The number of sulfonamides is 1. The molecule has 1 aliphatic heterocycles. The standard InChI is InChI=1S/C17H30N6O2S/c1-3-13-12-22(2)9-10-23(13)17-20-15-7-5-4-6-14(15)16(21-17)19-8-11-26(18,24)25/h13H,3-12H2,1-2H3,(H2,18,24,25)(H,19,20,21)/t13-/m0/s1. The van der Waals surface area contributed by atoms with Crippen molar-refractivity contribution in [2.75, 3.05) is 49.2 Å². The number of nitrogens with one attached hydrogen (secondary N) is 1.